The molecule has 20 heavy (non-hydrogen) atoms. The topological polar surface area (TPSA) is 82.2 Å². The third kappa shape index (κ3) is 1.88. The van der Waals surface area contributed by atoms with Crippen molar-refractivity contribution >= 4 is 22.9 Å². The first-order valence-corrected chi connectivity index (χ1v) is 6.56. The normalized spacial score (nSPS) is 16.6. The summed E-state index contributed by atoms with van der Waals surface area (Å²) in [7, 11) is 1.83. The van der Waals surface area contributed by atoms with Gasteiger partial charge in [0, 0.05) is 24.6 Å². The zero-order valence-electron chi connectivity index (χ0n) is 11.9. The van der Waals surface area contributed by atoms with Gasteiger partial charge in [-0.25, -0.2) is 4.98 Å². The Kier molecular flexibility index (Phi) is 2.64. The highest BCUT2D eigenvalue weighted by Crippen LogP contribution is 2.36. The molecule has 0 unspecified atom stereocenters. The van der Waals surface area contributed by atoms with Gasteiger partial charge >= 0.3 is 0 Å². The summed E-state index contributed by atoms with van der Waals surface area (Å²) in [5.41, 5.74) is 7.39. The van der Waals surface area contributed by atoms with E-state index in [2.05, 4.69) is 28.7 Å². The number of hydrogen-bond acceptors (Lipinski definition) is 4. The Labute approximate surface area is 116 Å². The summed E-state index contributed by atoms with van der Waals surface area (Å²) in [6.45, 7) is 5.65. The van der Waals surface area contributed by atoms with Gasteiger partial charge in [-0.3, -0.25) is 4.79 Å². The van der Waals surface area contributed by atoms with Crippen LogP contribution in [-0.2, 0) is 6.54 Å². The van der Waals surface area contributed by atoms with E-state index in [1.807, 2.05) is 7.05 Å². The van der Waals surface area contributed by atoms with Gasteiger partial charge in [-0.15, -0.1) is 0 Å². The van der Waals surface area contributed by atoms with Crippen LogP contribution in [0, 0.1) is 5.41 Å². The molecule has 2 aromatic rings. The molecule has 3 rings (SSSR count). The number of nitrogens with zero attached hydrogens (tertiary/aromatic N) is 2. The van der Waals surface area contributed by atoms with Crippen LogP contribution in [0.4, 0.5) is 5.95 Å². The molecule has 1 aromatic carbocycles. The Hall–Kier alpha value is -2.24. The van der Waals surface area contributed by atoms with Crippen LogP contribution >= 0.6 is 0 Å². The number of nitrogens with two attached hydrogens (primary N) is 1. The number of hydrogen-bond donors (Lipinski definition) is 2. The number of carbonyl (C=O) groups is 1. The summed E-state index contributed by atoms with van der Waals surface area (Å²) in [5.74, 6) is 0.952. The lowest BCUT2D eigenvalue weighted by Crippen LogP contribution is -2.25. The fourth-order valence-corrected chi connectivity index (χ4v) is 2.57. The highest BCUT2D eigenvalue weighted by Gasteiger charge is 2.28. The molecule has 0 saturated carbocycles. The second-order valence-electron chi connectivity index (χ2n) is 5.93. The minimum absolute atomic E-state index is 0.0227. The van der Waals surface area contributed by atoms with Crippen molar-refractivity contribution in [2.45, 2.75) is 20.4 Å². The molecule has 0 aliphatic carbocycles. The van der Waals surface area contributed by atoms with Crippen LogP contribution in [0.5, 0.6) is 5.75 Å². The largest absolute Gasteiger partial charge is 0.491 e. The monoisotopic (exact) mass is 274 g/mol. The van der Waals surface area contributed by atoms with Crippen LogP contribution in [0.15, 0.2) is 12.1 Å². The number of nitrogens with one attached hydrogen (secondary N) is 1. The standard InChI is InChI=1S/C14H18N4O2/c1-14(2)6-18-11-9(17-13(18)16-3)4-8(12(15)19)5-10(11)20-7-14/h4-5H,6-7H2,1-3H3,(H2,15,19)(H,16,17). The number of rotatable bonds is 2. The van der Waals surface area contributed by atoms with Crippen molar-refractivity contribution in [1.82, 2.24) is 9.55 Å². The van der Waals surface area contributed by atoms with E-state index in [9.17, 15) is 4.79 Å². The smallest absolute Gasteiger partial charge is 0.248 e. The lowest BCUT2D eigenvalue weighted by Gasteiger charge is -2.22. The van der Waals surface area contributed by atoms with Gasteiger partial charge in [0.25, 0.3) is 0 Å². The average molecular weight is 274 g/mol. The number of benzene rings is 1. The van der Waals surface area contributed by atoms with E-state index in [1.165, 1.54) is 0 Å². The molecule has 1 aliphatic heterocycles. The minimum atomic E-state index is -0.476. The van der Waals surface area contributed by atoms with Gasteiger partial charge in [-0.1, -0.05) is 13.8 Å². The van der Waals surface area contributed by atoms with Crippen LogP contribution in [0.3, 0.4) is 0 Å². The van der Waals surface area contributed by atoms with Crippen LogP contribution in [-0.4, -0.2) is 29.1 Å². The number of carbonyl (C=O) groups excluding carboxylic acids is 1. The van der Waals surface area contributed by atoms with E-state index < -0.39 is 5.91 Å². The van der Waals surface area contributed by atoms with Crippen LogP contribution in [0.1, 0.15) is 24.2 Å². The lowest BCUT2D eigenvalue weighted by atomic mass is 9.95. The number of primary amides is 1. The maximum absolute atomic E-state index is 11.4. The molecule has 1 aliphatic rings. The zero-order chi connectivity index (χ0) is 14.5. The molecule has 1 amide bonds. The quantitative estimate of drug-likeness (QED) is 0.871. The summed E-state index contributed by atoms with van der Waals surface area (Å²) in [6, 6.07) is 3.41. The Balaban J connectivity index is 2.31. The van der Waals surface area contributed by atoms with E-state index in [1.54, 1.807) is 12.1 Å². The first kappa shape index (κ1) is 12.8. The van der Waals surface area contributed by atoms with E-state index in [4.69, 9.17) is 10.5 Å². The summed E-state index contributed by atoms with van der Waals surface area (Å²) in [5, 5.41) is 3.09. The molecule has 0 atom stereocenters. The molecule has 0 fully saturated rings. The predicted octanol–water partition coefficient (Wildman–Crippen LogP) is 1.60. The van der Waals surface area contributed by atoms with Crippen molar-refractivity contribution < 1.29 is 9.53 Å². The number of anilines is 1. The molecule has 0 saturated heterocycles. The van der Waals surface area contributed by atoms with E-state index >= 15 is 0 Å². The summed E-state index contributed by atoms with van der Waals surface area (Å²) in [4.78, 5) is 15.9. The van der Waals surface area contributed by atoms with Crippen LogP contribution < -0.4 is 15.8 Å². The first-order valence-electron chi connectivity index (χ1n) is 6.56. The SMILES string of the molecule is CNc1nc2cc(C(N)=O)cc3c2n1CC(C)(C)CO3. The molecule has 0 spiro atoms. The first-order chi connectivity index (χ1) is 9.41. The van der Waals surface area contributed by atoms with Gasteiger partial charge < -0.3 is 20.4 Å². The van der Waals surface area contributed by atoms with Crippen molar-refractivity contribution in [3.8, 4) is 5.75 Å². The lowest BCUT2D eigenvalue weighted by molar-refractivity contribution is 0.1000. The maximum atomic E-state index is 11.4. The summed E-state index contributed by atoms with van der Waals surface area (Å²) < 4.78 is 7.99. The third-order valence-electron chi connectivity index (χ3n) is 3.52. The molecular weight excluding hydrogens is 256 g/mol. The third-order valence-corrected chi connectivity index (χ3v) is 3.52. The van der Waals surface area contributed by atoms with Crippen molar-refractivity contribution in [2.75, 3.05) is 19.0 Å². The van der Waals surface area contributed by atoms with Gasteiger partial charge in [-0.05, 0) is 12.1 Å². The van der Waals surface area contributed by atoms with Crippen molar-refractivity contribution in [3.63, 3.8) is 0 Å². The van der Waals surface area contributed by atoms with E-state index in [0.717, 1.165) is 23.5 Å². The fourth-order valence-electron chi connectivity index (χ4n) is 2.57. The molecule has 1 aromatic heterocycles. The van der Waals surface area contributed by atoms with Gasteiger partial charge in [0.1, 0.15) is 11.3 Å². The molecule has 2 heterocycles. The van der Waals surface area contributed by atoms with Crippen molar-refractivity contribution in [3.05, 3.63) is 17.7 Å². The molecule has 0 radical (unpaired) electrons. The highest BCUT2D eigenvalue weighted by atomic mass is 16.5. The number of imidazole rings is 1. The Morgan fingerprint density at radius 2 is 2.25 bits per heavy atom. The second-order valence-corrected chi connectivity index (χ2v) is 5.93. The summed E-state index contributed by atoms with van der Waals surface area (Å²) in [6.07, 6.45) is 0. The minimum Gasteiger partial charge on any atom is -0.491 e. The van der Waals surface area contributed by atoms with Crippen LogP contribution in [0.2, 0.25) is 0 Å². The molecule has 3 N–H and O–H groups in total. The zero-order valence-corrected chi connectivity index (χ0v) is 11.9. The Bertz CT molecular complexity index is 703. The van der Waals surface area contributed by atoms with Gasteiger partial charge in [0.2, 0.25) is 11.9 Å². The van der Waals surface area contributed by atoms with Crippen molar-refractivity contribution in [1.29, 1.82) is 0 Å². The maximum Gasteiger partial charge on any atom is 0.248 e. The van der Waals surface area contributed by atoms with Crippen molar-refractivity contribution in [2.24, 2.45) is 11.1 Å². The number of amides is 1. The Morgan fingerprint density at radius 1 is 1.50 bits per heavy atom. The Morgan fingerprint density at radius 3 is 2.90 bits per heavy atom. The fraction of sp³-hybridized carbons (Fsp3) is 0.429. The van der Waals surface area contributed by atoms with Gasteiger partial charge in [-0.2, -0.15) is 0 Å². The van der Waals surface area contributed by atoms with E-state index in [-0.39, 0.29) is 5.41 Å². The van der Waals surface area contributed by atoms with Crippen LogP contribution in [0.25, 0.3) is 11.0 Å². The van der Waals surface area contributed by atoms with Gasteiger partial charge in [0.05, 0.1) is 12.1 Å². The molecular formula is C14H18N4O2. The highest BCUT2D eigenvalue weighted by molar-refractivity contribution is 5.98. The van der Waals surface area contributed by atoms with E-state index in [0.29, 0.717) is 17.9 Å². The molecule has 106 valence electrons. The molecule has 6 nitrogen and oxygen atoms in total. The number of aromatic nitrogens is 2. The second kappa shape index (κ2) is 4.13. The summed E-state index contributed by atoms with van der Waals surface area (Å²) >= 11 is 0. The number of ether oxygens (including phenoxy) is 1. The molecule has 6 heteroatoms. The molecule has 0 bridgehead atoms. The average Bonchev–Trinajstić information content (AvgIpc) is 2.65. The predicted molar refractivity (Wildman–Crippen MR) is 77.1 cm³/mol. The van der Waals surface area contributed by atoms with Gasteiger partial charge in [0.15, 0.2) is 0 Å².